The minimum absolute atomic E-state index is 0.192. The van der Waals surface area contributed by atoms with E-state index in [-0.39, 0.29) is 12.0 Å². The molecule has 0 aliphatic carbocycles. The maximum atomic E-state index is 11.9. The summed E-state index contributed by atoms with van der Waals surface area (Å²) in [6.45, 7) is 3.49. The summed E-state index contributed by atoms with van der Waals surface area (Å²) in [4.78, 5) is 16.1. The second kappa shape index (κ2) is 6.85. The van der Waals surface area contributed by atoms with E-state index in [1.54, 1.807) is 28.3 Å². The zero-order valence-electron chi connectivity index (χ0n) is 12.4. The van der Waals surface area contributed by atoms with Gasteiger partial charge in [0, 0.05) is 24.3 Å². The summed E-state index contributed by atoms with van der Waals surface area (Å²) in [7, 11) is 0. The Kier molecular flexibility index (Phi) is 4.65. The van der Waals surface area contributed by atoms with Gasteiger partial charge in [-0.2, -0.15) is 5.10 Å². The summed E-state index contributed by atoms with van der Waals surface area (Å²) < 4.78 is 7.38. The largest absolute Gasteiger partial charge is 0.376 e. The van der Waals surface area contributed by atoms with E-state index in [1.807, 2.05) is 18.5 Å². The molecule has 116 valence electrons. The van der Waals surface area contributed by atoms with Crippen LogP contribution < -0.4 is 5.32 Å². The number of nitrogens with one attached hydrogen (secondary N) is 1. The molecule has 1 fully saturated rings. The highest BCUT2D eigenvalue weighted by molar-refractivity contribution is 7.09. The molecule has 1 atom stereocenters. The molecular weight excluding hydrogens is 300 g/mol. The van der Waals surface area contributed by atoms with Crippen LogP contribution in [0.3, 0.4) is 0 Å². The predicted octanol–water partition coefficient (Wildman–Crippen LogP) is 2.48. The Labute approximate surface area is 132 Å². The number of aromatic nitrogens is 3. The summed E-state index contributed by atoms with van der Waals surface area (Å²) in [6.07, 6.45) is 9.06. The van der Waals surface area contributed by atoms with Crippen LogP contribution in [0.2, 0.25) is 0 Å². The first-order valence-electron chi connectivity index (χ1n) is 7.24. The van der Waals surface area contributed by atoms with Gasteiger partial charge in [-0.3, -0.25) is 9.48 Å². The maximum absolute atomic E-state index is 11.9. The first-order valence-corrected chi connectivity index (χ1v) is 8.12. The third-order valence-electron chi connectivity index (χ3n) is 3.36. The Morgan fingerprint density at radius 3 is 3.27 bits per heavy atom. The van der Waals surface area contributed by atoms with Gasteiger partial charge in [0.05, 0.1) is 35.2 Å². The molecular formula is C15H18N4O2S. The van der Waals surface area contributed by atoms with Crippen molar-refractivity contribution in [2.75, 3.05) is 11.9 Å². The van der Waals surface area contributed by atoms with Crippen molar-refractivity contribution in [1.29, 1.82) is 0 Å². The number of hydrogen-bond donors (Lipinski definition) is 1. The van der Waals surface area contributed by atoms with Gasteiger partial charge in [0.25, 0.3) is 0 Å². The topological polar surface area (TPSA) is 69.0 Å². The summed E-state index contributed by atoms with van der Waals surface area (Å²) in [5, 5.41) is 9.93. The molecule has 22 heavy (non-hydrogen) atoms. The number of aryl methyl sites for hydroxylation is 1. The first kappa shape index (κ1) is 14.9. The molecule has 3 heterocycles. The Morgan fingerprint density at radius 1 is 1.64 bits per heavy atom. The molecule has 1 N–H and O–H groups in total. The summed E-state index contributed by atoms with van der Waals surface area (Å²) in [6, 6.07) is 0. The van der Waals surface area contributed by atoms with Crippen molar-refractivity contribution in [3.05, 3.63) is 34.6 Å². The number of amides is 1. The molecule has 0 radical (unpaired) electrons. The van der Waals surface area contributed by atoms with Crippen molar-refractivity contribution >= 4 is 29.0 Å². The zero-order valence-corrected chi connectivity index (χ0v) is 13.2. The van der Waals surface area contributed by atoms with Crippen molar-refractivity contribution in [2.24, 2.45) is 0 Å². The second-order valence-corrected chi connectivity index (χ2v) is 6.26. The Bertz CT molecular complexity index is 671. The van der Waals surface area contributed by atoms with E-state index < -0.39 is 0 Å². The lowest BCUT2D eigenvalue weighted by atomic mass is 10.2. The summed E-state index contributed by atoms with van der Waals surface area (Å²) in [5.41, 5.74) is 1.48. The molecule has 0 bridgehead atoms. The van der Waals surface area contributed by atoms with Gasteiger partial charge >= 0.3 is 0 Å². The molecule has 0 unspecified atom stereocenters. The summed E-state index contributed by atoms with van der Waals surface area (Å²) >= 11 is 1.56. The molecule has 1 saturated heterocycles. The second-order valence-electron chi connectivity index (χ2n) is 5.20. The Balaban J connectivity index is 1.53. The fourth-order valence-corrected chi connectivity index (χ4v) is 2.91. The van der Waals surface area contributed by atoms with Crippen LogP contribution in [-0.4, -0.2) is 33.4 Å². The Hall–Kier alpha value is -1.99. The number of carbonyl (C=O) groups excluding carboxylic acids is 1. The molecule has 1 aliphatic heterocycles. The number of nitrogens with zero attached hydrogens (tertiary/aromatic N) is 3. The molecule has 1 amide bonds. The average molecular weight is 318 g/mol. The third-order valence-corrected chi connectivity index (χ3v) is 4.15. The molecule has 7 heteroatoms. The minimum Gasteiger partial charge on any atom is -0.376 e. The van der Waals surface area contributed by atoms with E-state index in [0.717, 1.165) is 36.7 Å². The SMILES string of the molecule is Cc1nc(/C=C/C(=O)Nc2cnn(C[C@H]3CCCO3)c2)cs1. The van der Waals surface area contributed by atoms with E-state index in [0.29, 0.717) is 5.69 Å². The van der Waals surface area contributed by atoms with Crippen LogP contribution in [0.1, 0.15) is 23.5 Å². The number of ether oxygens (including phenoxy) is 1. The predicted molar refractivity (Wildman–Crippen MR) is 85.7 cm³/mol. The quantitative estimate of drug-likeness (QED) is 0.860. The van der Waals surface area contributed by atoms with Gasteiger partial charge in [0.15, 0.2) is 0 Å². The van der Waals surface area contributed by atoms with Crippen LogP contribution in [-0.2, 0) is 16.1 Å². The van der Waals surface area contributed by atoms with Gasteiger partial charge < -0.3 is 10.1 Å². The fourth-order valence-electron chi connectivity index (χ4n) is 2.33. The van der Waals surface area contributed by atoms with E-state index in [1.165, 1.54) is 6.08 Å². The lowest BCUT2D eigenvalue weighted by molar-refractivity contribution is -0.111. The molecule has 0 spiro atoms. The zero-order chi connectivity index (χ0) is 15.4. The van der Waals surface area contributed by atoms with Crippen LogP contribution in [0.15, 0.2) is 23.8 Å². The van der Waals surface area contributed by atoms with Crippen molar-refractivity contribution in [1.82, 2.24) is 14.8 Å². The highest BCUT2D eigenvalue weighted by Crippen LogP contribution is 2.15. The number of rotatable bonds is 5. The normalized spacial score (nSPS) is 18.1. The van der Waals surface area contributed by atoms with Crippen molar-refractivity contribution in [3.63, 3.8) is 0 Å². The van der Waals surface area contributed by atoms with E-state index in [4.69, 9.17) is 4.74 Å². The molecule has 6 nitrogen and oxygen atoms in total. The monoisotopic (exact) mass is 318 g/mol. The number of anilines is 1. The standard InChI is InChI=1S/C15H18N4O2S/c1-11-17-12(10-22-11)4-5-15(20)18-13-7-16-19(8-13)9-14-3-2-6-21-14/h4-5,7-8,10,14H,2-3,6,9H2,1H3,(H,18,20)/b5-4+/t14-/m1/s1. The minimum atomic E-state index is -0.192. The van der Waals surface area contributed by atoms with Gasteiger partial charge in [0.2, 0.25) is 5.91 Å². The van der Waals surface area contributed by atoms with Crippen LogP contribution in [0.5, 0.6) is 0 Å². The molecule has 2 aromatic rings. The highest BCUT2D eigenvalue weighted by atomic mass is 32.1. The van der Waals surface area contributed by atoms with E-state index in [9.17, 15) is 4.79 Å². The highest BCUT2D eigenvalue weighted by Gasteiger charge is 2.16. The number of thiazole rings is 1. The fraction of sp³-hybridized carbons (Fsp3) is 0.400. The van der Waals surface area contributed by atoms with Gasteiger partial charge in [-0.05, 0) is 25.8 Å². The van der Waals surface area contributed by atoms with Crippen LogP contribution in [0.4, 0.5) is 5.69 Å². The molecule has 2 aromatic heterocycles. The van der Waals surface area contributed by atoms with E-state index in [2.05, 4.69) is 15.4 Å². The summed E-state index contributed by atoms with van der Waals surface area (Å²) in [5.74, 6) is -0.192. The van der Waals surface area contributed by atoms with Crippen molar-refractivity contribution < 1.29 is 9.53 Å². The maximum Gasteiger partial charge on any atom is 0.248 e. The van der Waals surface area contributed by atoms with Gasteiger partial charge in [-0.15, -0.1) is 11.3 Å². The average Bonchev–Trinajstić information content (AvgIpc) is 3.21. The van der Waals surface area contributed by atoms with E-state index >= 15 is 0 Å². The molecule has 3 rings (SSSR count). The van der Waals surface area contributed by atoms with Crippen LogP contribution >= 0.6 is 11.3 Å². The van der Waals surface area contributed by atoms with Gasteiger partial charge in [-0.25, -0.2) is 4.98 Å². The number of carbonyl (C=O) groups is 1. The third kappa shape index (κ3) is 4.02. The van der Waals surface area contributed by atoms with Crippen molar-refractivity contribution in [3.8, 4) is 0 Å². The molecule has 0 aromatic carbocycles. The first-order chi connectivity index (χ1) is 10.7. The van der Waals surface area contributed by atoms with Crippen LogP contribution in [0.25, 0.3) is 6.08 Å². The van der Waals surface area contributed by atoms with Gasteiger partial charge in [0.1, 0.15) is 0 Å². The number of hydrogen-bond acceptors (Lipinski definition) is 5. The van der Waals surface area contributed by atoms with Gasteiger partial charge in [-0.1, -0.05) is 0 Å². The lowest BCUT2D eigenvalue weighted by Gasteiger charge is -2.08. The molecule has 1 aliphatic rings. The lowest BCUT2D eigenvalue weighted by Crippen LogP contribution is -2.15. The smallest absolute Gasteiger partial charge is 0.248 e. The van der Waals surface area contributed by atoms with Crippen LogP contribution in [0, 0.1) is 6.92 Å². The van der Waals surface area contributed by atoms with Crippen molar-refractivity contribution in [2.45, 2.75) is 32.4 Å². The Morgan fingerprint density at radius 2 is 2.55 bits per heavy atom. The molecule has 0 saturated carbocycles.